The third-order valence-electron chi connectivity index (χ3n) is 4.23. The van der Waals surface area contributed by atoms with E-state index in [-0.39, 0.29) is 15.8 Å². The molecular weight excluding hydrogens is 343 g/mol. The number of methoxy groups -OCH3 is 1. The Morgan fingerprint density at radius 3 is 2.32 bits per heavy atom. The summed E-state index contributed by atoms with van der Waals surface area (Å²) < 4.78 is 5.23. The third-order valence-corrected chi connectivity index (χ3v) is 5.33. The molecule has 5 heteroatoms. The highest BCUT2D eigenvalue weighted by atomic mass is 35.5. The minimum atomic E-state index is -0.674. The molecule has 114 valence electrons. The second-order valence-corrected chi connectivity index (χ2v) is 6.78. The molecule has 0 bridgehead atoms. The van der Waals surface area contributed by atoms with Crippen LogP contribution < -0.4 is 4.74 Å². The minimum Gasteiger partial charge on any atom is -0.495 e. The Hall–Kier alpha value is -1.22. The van der Waals surface area contributed by atoms with E-state index in [1.807, 2.05) is 19.1 Å². The number of carbonyl (C=O) groups is 1. The van der Waals surface area contributed by atoms with E-state index in [0.29, 0.717) is 22.8 Å². The Labute approximate surface area is 143 Å². The van der Waals surface area contributed by atoms with Gasteiger partial charge in [0.15, 0.2) is 5.78 Å². The van der Waals surface area contributed by atoms with Crippen LogP contribution in [0, 0.1) is 0 Å². The van der Waals surface area contributed by atoms with Gasteiger partial charge in [0.25, 0.3) is 0 Å². The molecule has 1 atom stereocenters. The lowest BCUT2D eigenvalue weighted by Gasteiger charge is -2.22. The van der Waals surface area contributed by atoms with Gasteiger partial charge in [0.05, 0.1) is 17.5 Å². The number of hydrogen-bond donors (Lipinski definition) is 0. The summed E-state index contributed by atoms with van der Waals surface area (Å²) in [6, 6.07) is 9.11. The van der Waals surface area contributed by atoms with Crippen LogP contribution in [0.1, 0.15) is 28.4 Å². The zero-order chi connectivity index (χ0) is 16.1. The molecule has 0 radical (unpaired) electrons. The maximum Gasteiger partial charge on any atom is 0.175 e. The van der Waals surface area contributed by atoms with Crippen molar-refractivity contribution in [1.82, 2.24) is 0 Å². The number of ether oxygens (including phenoxy) is 1. The third kappa shape index (κ3) is 2.21. The fraction of sp³-hybridized carbons (Fsp3) is 0.235. The summed E-state index contributed by atoms with van der Waals surface area (Å²) in [6.07, 6.45) is 0.552. The molecule has 2 aromatic carbocycles. The van der Waals surface area contributed by atoms with Gasteiger partial charge in [-0.05, 0) is 42.7 Å². The molecule has 2 nitrogen and oxygen atoms in total. The van der Waals surface area contributed by atoms with Crippen molar-refractivity contribution in [3.8, 4) is 5.75 Å². The Bertz CT molecular complexity index is 768. The van der Waals surface area contributed by atoms with Crippen LogP contribution in [0.3, 0.4) is 0 Å². The van der Waals surface area contributed by atoms with Crippen LogP contribution in [-0.2, 0) is 11.8 Å². The van der Waals surface area contributed by atoms with Crippen molar-refractivity contribution in [2.75, 3.05) is 7.11 Å². The highest BCUT2D eigenvalue weighted by Gasteiger charge is 2.45. The van der Waals surface area contributed by atoms with Gasteiger partial charge >= 0.3 is 0 Å². The molecule has 2 aromatic rings. The Kier molecular flexibility index (Phi) is 3.88. The molecule has 0 aromatic heterocycles. The number of benzene rings is 2. The number of halogens is 3. The predicted octanol–water partition coefficient (Wildman–Crippen LogP) is 5.35. The molecule has 0 fully saturated rings. The quantitative estimate of drug-likeness (QED) is 0.725. The van der Waals surface area contributed by atoms with Gasteiger partial charge in [-0.25, -0.2) is 0 Å². The number of hydrogen-bond acceptors (Lipinski definition) is 2. The first-order valence-electron chi connectivity index (χ1n) is 6.74. The Balaban J connectivity index is 2.15. The first-order valence-corrected chi connectivity index (χ1v) is 7.87. The lowest BCUT2D eigenvalue weighted by atomic mass is 9.79. The number of ketones is 1. The van der Waals surface area contributed by atoms with Crippen LogP contribution in [0.25, 0.3) is 0 Å². The van der Waals surface area contributed by atoms with Gasteiger partial charge in [-0.2, -0.15) is 0 Å². The SMILES string of the molecule is COc1cc2c(c(Cl)c1Cl)C(=O)C(C)(c1ccc(Cl)cc1)C2. The molecule has 0 N–H and O–H groups in total. The predicted molar refractivity (Wildman–Crippen MR) is 89.9 cm³/mol. The highest BCUT2D eigenvalue weighted by molar-refractivity contribution is 6.45. The molecular formula is C17H13Cl3O2. The molecule has 0 heterocycles. The van der Waals surface area contributed by atoms with E-state index in [1.165, 1.54) is 7.11 Å². The van der Waals surface area contributed by atoms with E-state index < -0.39 is 5.41 Å². The molecule has 1 aliphatic carbocycles. The zero-order valence-electron chi connectivity index (χ0n) is 12.0. The first kappa shape index (κ1) is 15.7. The van der Waals surface area contributed by atoms with E-state index in [9.17, 15) is 4.79 Å². The number of fused-ring (bicyclic) bond motifs is 1. The van der Waals surface area contributed by atoms with Gasteiger partial charge in [0, 0.05) is 10.6 Å². The summed E-state index contributed by atoms with van der Waals surface area (Å²) in [4.78, 5) is 13.0. The van der Waals surface area contributed by atoms with E-state index in [4.69, 9.17) is 39.5 Å². The van der Waals surface area contributed by atoms with Crippen molar-refractivity contribution in [2.24, 2.45) is 0 Å². The van der Waals surface area contributed by atoms with Crippen LogP contribution in [0.2, 0.25) is 15.1 Å². The minimum absolute atomic E-state index is 0.0284. The monoisotopic (exact) mass is 354 g/mol. The first-order chi connectivity index (χ1) is 10.4. The van der Waals surface area contributed by atoms with Crippen molar-refractivity contribution in [3.05, 3.63) is 62.1 Å². The van der Waals surface area contributed by atoms with Gasteiger partial charge in [0.1, 0.15) is 10.8 Å². The van der Waals surface area contributed by atoms with Crippen LogP contribution >= 0.6 is 34.8 Å². The van der Waals surface area contributed by atoms with Crippen molar-refractivity contribution in [3.63, 3.8) is 0 Å². The smallest absolute Gasteiger partial charge is 0.175 e. The maximum absolute atomic E-state index is 13.0. The summed E-state index contributed by atoms with van der Waals surface area (Å²) in [5, 5.41) is 1.17. The molecule has 3 rings (SSSR count). The second-order valence-electron chi connectivity index (χ2n) is 5.59. The van der Waals surface area contributed by atoms with Gasteiger partial charge in [0.2, 0.25) is 0 Å². The highest BCUT2D eigenvalue weighted by Crippen LogP contribution is 2.47. The Morgan fingerprint density at radius 1 is 1.09 bits per heavy atom. The molecule has 0 amide bonds. The second kappa shape index (κ2) is 5.45. The fourth-order valence-electron chi connectivity index (χ4n) is 2.97. The average molecular weight is 356 g/mol. The van der Waals surface area contributed by atoms with Gasteiger partial charge in [-0.3, -0.25) is 4.79 Å². The molecule has 0 saturated carbocycles. The van der Waals surface area contributed by atoms with E-state index in [0.717, 1.165) is 11.1 Å². The van der Waals surface area contributed by atoms with E-state index in [2.05, 4.69) is 0 Å². The molecule has 0 saturated heterocycles. The van der Waals surface area contributed by atoms with Crippen LogP contribution in [0.15, 0.2) is 30.3 Å². The van der Waals surface area contributed by atoms with Crippen molar-refractivity contribution < 1.29 is 9.53 Å². The van der Waals surface area contributed by atoms with Crippen molar-refractivity contribution in [2.45, 2.75) is 18.8 Å². The van der Waals surface area contributed by atoms with Crippen LogP contribution in [0.4, 0.5) is 0 Å². The fourth-order valence-corrected chi connectivity index (χ4v) is 3.63. The van der Waals surface area contributed by atoms with Crippen LogP contribution in [-0.4, -0.2) is 12.9 Å². The number of rotatable bonds is 2. The summed E-state index contributed by atoms with van der Waals surface area (Å²) in [5.74, 6) is 0.456. The zero-order valence-corrected chi connectivity index (χ0v) is 14.3. The van der Waals surface area contributed by atoms with Gasteiger partial charge < -0.3 is 4.74 Å². The lowest BCUT2D eigenvalue weighted by molar-refractivity contribution is 0.0915. The lowest BCUT2D eigenvalue weighted by Crippen LogP contribution is -2.29. The molecule has 0 aliphatic heterocycles. The number of Topliss-reactive ketones (excluding diaryl/α,β-unsaturated/α-hetero) is 1. The van der Waals surface area contributed by atoms with E-state index >= 15 is 0 Å². The normalized spacial score (nSPS) is 20.1. The molecule has 1 aliphatic rings. The summed E-state index contributed by atoms with van der Waals surface area (Å²) in [5.41, 5.74) is 1.58. The van der Waals surface area contributed by atoms with E-state index in [1.54, 1.807) is 18.2 Å². The van der Waals surface area contributed by atoms with Crippen molar-refractivity contribution in [1.29, 1.82) is 0 Å². The van der Waals surface area contributed by atoms with Gasteiger partial charge in [-0.15, -0.1) is 0 Å². The summed E-state index contributed by atoms with van der Waals surface area (Å²) in [7, 11) is 1.53. The Morgan fingerprint density at radius 2 is 1.73 bits per heavy atom. The summed E-state index contributed by atoms with van der Waals surface area (Å²) in [6.45, 7) is 1.91. The number of carbonyl (C=O) groups excluding carboxylic acids is 1. The van der Waals surface area contributed by atoms with Crippen molar-refractivity contribution >= 4 is 40.6 Å². The maximum atomic E-state index is 13.0. The van der Waals surface area contributed by atoms with Gasteiger partial charge in [-0.1, -0.05) is 46.9 Å². The molecule has 0 spiro atoms. The molecule has 1 unspecified atom stereocenters. The molecule has 22 heavy (non-hydrogen) atoms. The summed E-state index contributed by atoms with van der Waals surface area (Å²) >= 11 is 18.4. The standard InChI is InChI=1S/C17H13Cl3O2/c1-17(10-3-5-11(18)6-4-10)8-9-7-12(22-2)14(19)15(20)13(9)16(17)21/h3-7H,8H2,1-2H3. The largest absolute Gasteiger partial charge is 0.495 e. The topological polar surface area (TPSA) is 26.3 Å². The van der Waals surface area contributed by atoms with Crippen LogP contribution in [0.5, 0.6) is 5.75 Å². The average Bonchev–Trinajstić information content (AvgIpc) is 2.76.